The number of sulfonamides is 1. The predicted octanol–water partition coefficient (Wildman–Crippen LogP) is 3.34. The Labute approximate surface area is 198 Å². The summed E-state index contributed by atoms with van der Waals surface area (Å²) in [6, 6.07) is 18.0. The summed E-state index contributed by atoms with van der Waals surface area (Å²) in [5, 5.41) is 1.90. The van der Waals surface area contributed by atoms with Crippen LogP contribution in [0.25, 0.3) is 0 Å². The minimum Gasteiger partial charge on any atom is -0.378 e. The Kier molecular flexibility index (Phi) is 7.44. The van der Waals surface area contributed by atoms with Gasteiger partial charge in [-0.2, -0.15) is 0 Å². The predicted molar refractivity (Wildman–Crippen MR) is 130 cm³/mol. The zero-order chi connectivity index (χ0) is 23.3. The molecule has 1 N–H and O–H groups in total. The highest BCUT2D eigenvalue weighted by atomic mass is 32.2. The van der Waals surface area contributed by atoms with Gasteiger partial charge in [-0.15, -0.1) is 11.3 Å². The molecular weight excluding hydrogens is 458 g/mol. The fourth-order valence-electron chi connectivity index (χ4n) is 3.76. The van der Waals surface area contributed by atoms with Crippen molar-refractivity contribution < 1.29 is 17.9 Å². The number of ether oxygens (including phenoxy) is 1. The van der Waals surface area contributed by atoms with Gasteiger partial charge in [-0.05, 0) is 41.3 Å². The van der Waals surface area contributed by atoms with E-state index in [2.05, 4.69) is 15.7 Å². The lowest BCUT2D eigenvalue weighted by atomic mass is 10.1. The van der Waals surface area contributed by atoms with Crippen LogP contribution < -0.4 is 9.62 Å². The summed E-state index contributed by atoms with van der Waals surface area (Å²) in [5.74, 6) is -0.234. The van der Waals surface area contributed by atoms with Crippen LogP contribution in [0.3, 0.4) is 0 Å². The van der Waals surface area contributed by atoms with Crippen molar-refractivity contribution in [1.29, 1.82) is 0 Å². The number of anilines is 1. The van der Waals surface area contributed by atoms with Crippen LogP contribution in [0.5, 0.6) is 0 Å². The molecule has 33 heavy (non-hydrogen) atoms. The van der Waals surface area contributed by atoms with Crippen LogP contribution in [0.1, 0.15) is 20.8 Å². The largest absolute Gasteiger partial charge is 0.378 e. The standard InChI is InChI=1S/C24H27N3O4S2/c1-26(18-20-6-2-3-10-23(20)27-11-13-31-14-12-27)24(28)19-7-4-9-22(16-19)33(29,30)25-17-21-8-5-15-32-21/h2-10,15-16,25H,11-14,17-18H2,1H3. The van der Waals surface area contributed by atoms with Crippen molar-refractivity contribution in [3.8, 4) is 0 Å². The van der Waals surface area contributed by atoms with Gasteiger partial charge in [-0.3, -0.25) is 4.79 Å². The molecule has 1 aliphatic heterocycles. The summed E-state index contributed by atoms with van der Waals surface area (Å²) in [5.41, 5.74) is 2.46. The number of nitrogens with zero attached hydrogens (tertiary/aromatic N) is 2. The Bertz CT molecular complexity index is 1190. The Hall–Kier alpha value is -2.72. The smallest absolute Gasteiger partial charge is 0.253 e. The lowest BCUT2D eigenvalue weighted by Gasteiger charge is -2.31. The topological polar surface area (TPSA) is 79.0 Å². The van der Waals surface area contributed by atoms with Crippen molar-refractivity contribution in [2.75, 3.05) is 38.3 Å². The van der Waals surface area contributed by atoms with E-state index in [1.54, 1.807) is 24.1 Å². The molecule has 2 heterocycles. The average molecular weight is 486 g/mol. The van der Waals surface area contributed by atoms with Crippen molar-refractivity contribution >= 4 is 33.0 Å². The Balaban J connectivity index is 1.47. The zero-order valence-electron chi connectivity index (χ0n) is 18.4. The molecule has 4 rings (SSSR count). The minimum atomic E-state index is -3.73. The maximum absolute atomic E-state index is 13.1. The molecule has 174 valence electrons. The van der Waals surface area contributed by atoms with Crippen molar-refractivity contribution in [3.63, 3.8) is 0 Å². The number of carbonyl (C=O) groups excluding carboxylic acids is 1. The summed E-state index contributed by atoms with van der Waals surface area (Å²) in [7, 11) is -2.00. The van der Waals surface area contributed by atoms with E-state index >= 15 is 0 Å². The van der Waals surface area contributed by atoms with E-state index in [0.717, 1.165) is 29.2 Å². The maximum Gasteiger partial charge on any atom is 0.253 e. The molecule has 0 bridgehead atoms. The molecule has 2 aromatic carbocycles. The molecule has 1 fully saturated rings. The summed E-state index contributed by atoms with van der Waals surface area (Å²) in [6.45, 7) is 3.63. The molecule has 0 aliphatic carbocycles. The quantitative estimate of drug-likeness (QED) is 0.530. The van der Waals surface area contributed by atoms with Gasteiger partial charge in [0.2, 0.25) is 10.0 Å². The highest BCUT2D eigenvalue weighted by molar-refractivity contribution is 7.89. The fraction of sp³-hybridized carbons (Fsp3) is 0.292. The van der Waals surface area contributed by atoms with Gasteiger partial charge in [0.05, 0.1) is 18.1 Å². The summed E-state index contributed by atoms with van der Waals surface area (Å²) < 4.78 is 33.5. The Morgan fingerprint density at radius 3 is 2.64 bits per heavy atom. The number of hydrogen-bond acceptors (Lipinski definition) is 6. The Morgan fingerprint density at radius 2 is 1.88 bits per heavy atom. The van der Waals surface area contributed by atoms with Crippen LogP contribution in [-0.2, 0) is 27.8 Å². The third-order valence-electron chi connectivity index (χ3n) is 5.51. The van der Waals surface area contributed by atoms with Gasteiger partial charge in [-0.1, -0.05) is 30.3 Å². The average Bonchev–Trinajstić information content (AvgIpc) is 3.37. The molecule has 1 aromatic heterocycles. The zero-order valence-corrected chi connectivity index (χ0v) is 20.1. The molecule has 1 saturated heterocycles. The van der Waals surface area contributed by atoms with Gasteiger partial charge in [-0.25, -0.2) is 13.1 Å². The molecule has 0 atom stereocenters. The van der Waals surface area contributed by atoms with Crippen LogP contribution in [0.4, 0.5) is 5.69 Å². The SMILES string of the molecule is CN(Cc1ccccc1N1CCOCC1)C(=O)c1cccc(S(=O)(=O)NCc2cccs2)c1. The number of rotatable bonds is 8. The number of para-hydroxylation sites is 1. The monoisotopic (exact) mass is 485 g/mol. The fourth-order valence-corrected chi connectivity index (χ4v) is 5.55. The number of amides is 1. The second kappa shape index (κ2) is 10.5. The summed E-state index contributed by atoms with van der Waals surface area (Å²) >= 11 is 1.48. The van der Waals surface area contributed by atoms with Gasteiger partial charge in [0, 0.05) is 49.4 Å². The van der Waals surface area contributed by atoms with Crippen molar-refractivity contribution in [1.82, 2.24) is 9.62 Å². The molecule has 7 nitrogen and oxygen atoms in total. The normalized spacial score (nSPS) is 14.3. The van der Waals surface area contributed by atoms with Crippen LogP contribution >= 0.6 is 11.3 Å². The van der Waals surface area contributed by atoms with E-state index in [-0.39, 0.29) is 17.3 Å². The van der Waals surface area contributed by atoms with Crippen molar-refractivity contribution in [3.05, 3.63) is 82.0 Å². The number of nitrogens with one attached hydrogen (secondary N) is 1. The molecular formula is C24H27N3O4S2. The van der Waals surface area contributed by atoms with Gasteiger partial charge >= 0.3 is 0 Å². The first-order valence-corrected chi connectivity index (χ1v) is 13.1. The second-order valence-electron chi connectivity index (χ2n) is 7.82. The highest BCUT2D eigenvalue weighted by Crippen LogP contribution is 2.23. The van der Waals surface area contributed by atoms with Gasteiger partial charge in [0.15, 0.2) is 0 Å². The highest BCUT2D eigenvalue weighted by Gasteiger charge is 2.20. The third-order valence-corrected chi connectivity index (χ3v) is 7.78. The molecule has 0 spiro atoms. The maximum atomic E-state index is 13.1. The number of thiophene rings is 1. The molecule has 1 aliphatic rings. The Morgan fingerprint density at radius 1 is 1.09 bits per heavy atom. The van der Waals surface area contributed by atoms with Crippen molar-refractivity contribution in [2.45, 2.75) is 18.0 Å². The third kappa shape index (κ3) is 5.80. The van der Waals surface area contributed by atoms with E-state index in [1.165, 1.54) is 23.5 Å². The second-order valence-corrected chi connectivity index (χ2v) is 10.6. The van der Waals surface area contributed by atoms with Crippen LogP contribution in [0, 0.1) is 0 Å². The van der Waals surface area contributed by atoms with E-state index in [4.69, 9.17) is 4.74 Å². The summed E-state index contributed by atoms with van der Waals surface area (Å²) in [6.07, 6.45) is 0. The lowest BCUT2D eigenvalue weighted by Crippen LogP contribution is -2.37. The number of carbonyl (C=O) groups is 1. The molecule has 3 aromatic rings. The van der Waals surface area contributed by atoms with Crippen LogP contribution in [0.2, 0.25) is 0 Å². The van der Waals surface area contributed by atoms with E-state index in [0.29, 0.717) is 25.3 Å². The van der Waals surface area contributed by atoms with Gasteiger partial charge in [0.1, 0.15) is 0 Å². The molecule has 0 radical (unpaired) electrons. The first-order valence-electron chi connectivity index (χ1n) is 10.7. The van der Waals surface area contributed by atoms with Gasteiger partial charge in [0.25, 0.3) is 5.91 Å². The van der Waals surface area contributed by atoms with Crippen molar-refractivity contribution in [2.24, 2.45) is 0 Å². The molecule has 0 saturated carbocycles. The van der Waals surface area contributed by atoms with Crippen LogP contribution in [0.15, 0.2) is 70.9 Å². The van der Waals surface area contributed by atoms with Crippen LogP contribution in [-0.4, -0.2) is 52.6 Å². The van der Waals surface area contributed by atoms with Gasteiger partial charge < -0.3 is 14.5 Å². The molecule has 0 unspecified atom stereocenters. The number of morpholine rings is 1. The number of benzene rings is 2. The van der Waals surface area contributed by atoms with E-state index < -0.39 is 10.0 Å². The number of hydrogen-bond donors (Lipinski definition) is 1. The summed E-state index contributed by atoms with van der Waals surface area (Å²) in [4.78, 5) is 18.0. The molecule has 9 heteroatoms. The van der Waals surface area contributed by atoms with E-state index in [1.807, 2.05) is 35.7 Å². The molecule has 1 amide bonds. The first-order chi connectivity index (χ1) is 15.9. The van der Waals surface area contributed by atoms with E-state index in [9.17, 15) is 13.2 Å². The first kappa shape index (κ1) is 23.4. The minimum absolute atomic E-state index is 0.0759. The lowest BCUT2D eigenvalue weighted by molar-refractivity contribution is 0.0784.